The van der Waals surface area contributed by atoms with Crippen molar-refractivity contribution in [2.24, 2.45) is 0 Å². The molecule has 1 aliphatic rings. The van der Waals surface area contributed by atoms with Crippen LogP contribution in [0.3, 0.4) is 0 Å². The first-order chi connectivity index (χ1) is 5.77. The number of ketones is 1. The van der Waals surface area contributed by atoms with Crippen LogP contribution in [0.5, 0.6) is 0 Å². The van der Waals surface area contributed by atoms with Crippen LogP contribution >= 0.6 is 0 Å². The number of hydrogen-bond acceptors (Lipinski definition) is 1. The summed E-state index contributed by atoms with van der Waals surface area (Å²) in [4.78, 5) is 11.0. The summed E-state index contributed by atoms with van der Waals surface area (Å²) in [5.74, 6) is 0.129. The van der Waals surface area contributed by atoms with Crippen LogP contribution in [0.4, 0.5) is 0 Å². The first-order valence-electron chi connectivity index (χ1n) is 3.99. The molecule has 12 heavy (non-hydrogen) atoms. The SMILES string of the molecule is CC(=O)c1ccc2c(c1)CC=[C]2. The minimum Gasteiger partial charge on any atom is -0.295 e. The van der Waals surface area contributed by atoms with Crippen LogP contribution in [0.25, 0.3) is 0 Å². The van der Waals surface area contributed by atoms with Crippen molar-refractivity contribution in [3.8, 4) is 0 Å². The molecule has 1 aliphatic carbocycles. The molecule has 0 heterocycles. The van der Waals surface area contributed by atoms with Gasteiger partial charge in [-0.15, -0.1) is 0 Å². The van der Waals surface area contributed by atoms with Gasteiger partial charge in [0.1, 0.15) is 0 Å². The van der Waals surface area contributed by atoms with Gasteiger partial charge in [0.2, 0.25) is 0 Å². The molecule has 0 amide bonds. The van der Waals surface area contributed by atoms with Crippen LogP contribution in [0.2, 0.25) is 0 Å². The van der Waals surface area contributed by atoms with Crippen LogP contribution in [-0.2, 0) is 6.42 Å². The average Bonchev–Trinajstić information content (AvgIpc) is 2.49. The number of allylic oxidation sites excluding steroid dienone is 1. The quantitative estimate of drug-likeness (QED) is 0.571. The first-order valence-corrected chi connectivity index (χ1v) is 3.99. The highest BCUT2D eigenvalue weighted by molar-refractivity contribution is 5.94. The molecule has 0 saturated carbocycles. The number of benzene rings is 1. The zero-order chi connectivity index (χ0) is 8.55. The standard InChI is InChI=1S/C11H9O/c1-8(12)10-6-5-9-3-2-4-11(9)7-10/h2,5-7H,4H2,1H3. The lowest BCUT2D eigenvalue weighted by atomic mass is 10.0. The Bertz CT molecular complexity index is 361. The Kier molecular flexibility index (Phi) is 1.58. The molecule has 2 rings (SSSR count). The van der Waals surface area contributed by atoms with Gasteiger partial charge in [0, 0.05) is 5.56 Å². The zero-order valence-corrected chi connectivity index (χ0v) is 6.92. The van der Waals surface area contributed by atoms with Gasteiger partial charge >= 0.3 is 0 Å². The Morgan fingerprint density at radius 2 is 2.33 bits per heavy atom. The van der Waals surface area contributed by atoms with E-state index < -0.39 is 0 Å². The van der Waals surface area contributed by atoms with Crippen molar-refractivity contribution in [2.75, 3.05) is 0 Å². The van der Waals surface area contributed by atoms with E-state index in [1.807, 2.05) is 24.3 Å². The molecule has 0 unspecified atom stereocenters. The average molecular weight is 157 g/mol. The fraction of sp³-hybridized carbons (Fsp3) is 0.182. The highest BCUT2D eigenvalue weighted by Gasteiger charge is 2.07. The largest absolute Gasteiger partial charge is 0.295 e. The maximum atomic E-state index is 11.0. The summed E-state index contributed by atoms with van der Waals surface area (Å²) >= 11 is 0. The third-order valence-electron chi connectivity index (χ3n) is 2.09. The summed E-state index contributed by atoms with van der Waals surface area (Å²) in [7, 11) is 0. The number of rotatable bonds is 1. The molecule has 0 spiro atoms. The summed E-state index contributed by atoms with van der Waals surface area (Å²) < 4.78 is 0. The minimum atomic E-state index is 0.129. The van der Waals surface area contributed by atoms with E-state index in [-0.39, 0.29) is 5.78 Å². The molecule has 0 N–H and O–H groups in total. The van der Waals surface area contributed by atoms with E-state index in [2.05, 4.69) is 6.08 Å². The molecule has 1 aromatic carbocycles. The summed E-state index contributed by atoms with van der Waals surface area (Å²) in [5, 5.41) is 0. The summed E-state index contributed by atoms with van der Waals surface area (Å²) in [5.41, 5.74) is 3.13. The van der Waals surface area contributed by atoms with Crippen molar-refractivity contribution in [1.29, 1.82) is 0 Å². The van der Waals surface area contributed by atoms with E-state index in [0.717, 1.165) is 17.5 Å². The third-order valence-corrected chi connectivity index (χ3v) is 2.09. The second-order valence-corrected chi connectivity index (χ2v) is 2.98. The molecule has 1 heteroatoms. The minimum absolute atomic E-state index is 0.129. The van der Waals surface area contributed by atoms with Crippen LogP contribution in [-0.4, -0.2) is 5.78 Å². The van der Waals surface area contributed by atoms with E-state index in [9.17, 15) is 4.79 Å². The molecule has 1 aromatic rings. The van der Waals surface area contributed by atoms with Gasteiger partial charge < -0.3 is 0 Å². The second kappa shape index (κ2) is 2.59. The van der Waals surface area contributed by atoms with Gasteiger partial charge in [0.05, 0.1) is 0 Å². The molecule has 0 aliphatic heterocycles. The fourth-order valence-corrected chi connectivity index (χ4v) is 1.39. The van der Waals surface area contributed by atoms with Crippen molar-refractivity contribution >= 4 is 5.78 Å². The Labute approximate surface area is 71.7 Å². The maximum absolute atomic E-state index is 11.0. The molecule has 0 atom stereocenters. The number of Topliss-reactive ketones (excluding diaryl/α,β-unsaturated/α-hetero) is 1. The van der Waals surface area contributed by atoms with Crippen LogP contribution in [0.15, 0.2) is 24.3 Å². The normalized spacial score (nSPS) is 13.1. The lowest BCUT2D eigenvalue weighted by Gasteiger charge is -2.00. The topological polar surface area (TPSA) is 17.1 Å². The van der Waals surface area contributed by atoms with Crippen LogP contribution in [0, 0.1) is 6.08 Å². The Balaban J connectivity index is 2.49. The van der Waals surface area contributed by atoms with E-state index in [0.29, 0.717) is 0 Å². The van der Waals surface area contributed by atoms with Crippen molar-refractivity contribution in [3.63, 3.8) is 0 Å². The predicted molar refractivity (Wildman–Crippen MR) is 47.1 cm³/mol. The van der Waals surface area contributed by atoms with E-state index in [4.69, 9.17) is 0 Å². The zero-order valence-electron chi connectivity index (χ0n) is 6.92. The van der Waals surface area contributed by atoms with Gasteiger partial charge in [-0.25, -0.2) is 0 Å². The van der Waals surface area contributed by atoms with E-state index in [1.54, 1.807) is 6.92 Å². The van der Waals surface area contributed by atoms with Crippen molar-refractivity contribution < 1.29 is 4.79 Å². The molecule has 59 valence electrons. The monoisotopic (exact) mass is 157 g/mol. The van der Waals surface area contributed by atoms with Crippen LogP contribution < -0.4 is 0 Å². The Morgan fingerprint density at radius 3 is 3.08 bits per heavy atom. The Morgan fingerprint density at radius 1 is 1.50 bits per heavy atom. The highest BCUT2D eigenvalue weighted by atomic mass is 16.1. The van der Waals surface area contributed by atoms with Gasteiger partial charge in [-0.3, -0.25) is 4.79 Å². The van der Waals surface area contributed by atoms with Crippen LogP contribution in [0.1, 0.15) is 28.4 Å². The lowest BCUT2D eigenvalue weighted by Crippen LogP contribution is -1.93. The summed E-state index contributed by atoms with van der Waals surface area (Å²) in [6.45, 7) is 1.59. The molecule has 0 bridgehead atoms. The smallest absolute Gasteiger partial charge is 0.159 e. The molecule has 0 fully saturated rings. The van der Waals surface area contributed by atoms with Gasteiger partial charge in [0.15, 0.2) is 5.78 Å². The van der Waals surface area contributed by atoms with Crippen molar-refractivity contribution in [2.45, 2.75) is 13.3 Å². The number of carbonyl (C=O) groups excluding carboxylic acids is 1. The molecule has 1 radical (unpaired) electrons. The van der Waals surface area contributed by atoms with Gasteiger partial charge in [-0.05, 0) is 36.6 Å². The van der Waals surface area contributed by atoms with Crippen molar-refractivity contribution in [3.05, 3.63) is 47.0 Å². The first kappa shape index (κ1) is 7.29. The fourth-order valence-electron chi connectivity index (χ4n) is 1.39. The maximum Gasteiger partial charge on any atom is 0.159 e. The van der Waals surface area contributed by atoms with Gasteiger partial charge in [0.25, 0.3) is 0 Å². The lowest BCUT2D eigenvalue weighted by molar-refractivity contribution is 0.101. The molecule has 0 saturated heterocycles. The number of fused-ring (bicyclic) bond motifs is 1. The van der Waals surface area contributed by atoms with E-state index >= 15 is 0 Å². The molecule has 0 aromatic heterocycles. The third kappa shape index (κ3) is 1.07. The van der Waals surface area contributed by atoms with Crippen molar-refractivity contribution in [1.82, 2.24) is 0 Å². The van der Waals surface area contributed by atoms with Gasteiger partial charge in [-0.1, -0.05) is 18.2 Å². The summed E-state index contributed by atoms with van der Waals surface area (Å²) in [6, 6.07) is 5.76. The molecular formula is C11H9O. The Hall–Kier alpha value is -1.37. The summed E-state index contributed by atoms with van der Waals surface area (Å²) in [6.07, 6.45) is 6.04. The second-order valence-electron chi connectivity index (χ2n) is 2.98. The number of hydrogen-bond donors (Lipinski definition) is 0. The van der Waals surface area contributed by atoms with E-state index in [1.165, 1.54) is 5.56 Å². The van der Waals surface area contributed by atoms with Gasteiger partial charge in [-0.2, -0.15) is 0 Å². The number of carbonyl (C=O) groups is 1. The molecular weight excluding hydrogens is 148 g/mol. The predicted octanol–water partition coefficient (Wildman–Crippen LogP) is 2.15. The molecule has 1 nitrogen and oxygen atoms in total. The highest BCUT2D eigenvalue weighted by Crippen LogP contribution is 2.18.